The molecule has 176 valence electrons. The molecule has 8 nitrogen and oxygen atoms in total. The summed E-state index contributed by atoms with van der Waals surface area (Å²) in [5.74, 6) is 6.48. The first-order valence-corrected chi connectivity index (χ1v) is 12.3. The summed E-state index contributed by atoms with van der Waals surface area (Å²) in [4.78, 5) is 13.8. The quantitative estimate of drug-likeness (QED) is 0.638. The van der Waals surface area contributed by atoms with E-state index in [1.165, 1.54) is 22.4 Å². The molecule has 1 aliphatic carbocycles. The highest BCUT2D eigenvalue weighted by atomic mass is 32.2. The van der Waals surface area contributed by atoms with E-state index in [9.17, 15) is 18.3 Å². The molecule has 0 unspecified atom stereocenters. The van der Waals surface area contributed by atoms with Crippen molar-refractivity contribution < 1.29 is 27.8 Å². The van der Waals surface area contributed by atoms with Crippen LogP contribution in [0, 0.1) is 23.7 Å². The van der Waals surface area contributed by atoms with Gasteiger partial charge >= 0.3 is 0 Å². The summed E-state index contributed by atoms with van der Waals surface area (Å²) in [7, 11) is -0.775. The average Bonchev–Trinajstić information content (AvgIpc) is 3.58. The number of amides is 1. The van der Waals surface area contributed by atoms with Crippen LogP contribution in [-0.4, -0.2) is 81.2 Å². The number of ether oxygens (including phenoxy) is 2. The minimum absolute atomic E-state index is 0.0394. The summed E-state index contributed by atoms with van der Waals surface area (Å²) in [6.07, 6.45) is 1.73. The zero-order chi connectivity index (χ0) is 23.5. The lowest BCUT2D eigenvalue weighted by molar-refractivity contribution is -0.135. The van der Waals surface area contributed by atoms with Crippen LogP contribution < -0.4 is 4.74 Å². The Morgan fingerprint density at radius 2 is 2.12 bits per heavy atom. The maximum atomic E-state index is 13.5. The topological polar surface area (TPSA) is 96.4 Å². The van der Waals surface area contributed by atoms with Gasteiger partial charge in [0.15, 0.2) is 0 Å². The van der Waals surface area contributed by atoms with Crippen molar-refractivity contribution in [3.05, 3.63) is 23.8 Å². The summed E-state index contributed by atoms with van der Waals surface area (Å²) < 4.78 is 39.4. The van der Waals surface area contributed by atoms with Gasteiger partial charge in [-0.05, 0) is 38.0 Å². The molecule has 32 heavy (non-hydrogen) atoms. The van der Waals surface area contributed by atoms with Gasteiger partial charge in [0.05, 0.1) is 13.2 Å². The molecular formula is C23H32N2O6S. The number of methoxy groups -OCH3 is 1. The Bertz CT molecular complexity index is 995. The molecule has 1 amide bonds. The predicted molar refractivity (Wildman–Crippen MR) is 120 cm³/mol. The summed E-state index contributed by atoms with van der Waals surface area (Å²) in [5.41, 5.74) is 0.684. The van der Waals surface area contributed by atoms with Crippen LogP contribution in [0.5, 0.6) is 5.75 Å². The number of sulfonamides is 1. The Kier molecular flexibility index (Phi) is 7.83. The molecule has 0 spiro atoms. The van der Waals surface area contributed by atoms with Crippen molar-refractivity contribution in [2.45, 2.75) is 43.7 Å². The van der Waals surface area contributed by atoms with Crippen molar-refractivity contribution in [3.63, 3.8) is 0 Å². The molecule has 1 saturated carbocycles. The first-order valence-electron chi connectivity index (χ1n) is 10.8. The van der Waals surface area contributed by atoms with E-state index in [2.05, 4.69) is 11.8 Å². The van der Waals surface area contributed by atoms with Gasteiger partial charge in [0.25, 0.3) is 0 Å². The fourth-order valence-corrected chi connectivity index (χ4v) is 5.37. The van der Waals surface area contributed by atoms with Crippen LogP contribution in [0.3, 0.4) is 0 Å². The van der Waals surface area contributed by atoms with Gasteiger partial charge in [0, 0.05) is 44.1 Å². The number of likely N-dealkylation sites (N-methyl/N-ethyl adjacent to an activating group) is 1. The van der Waals surface area contributed by atoms with Gasteiger partial charge in [-0.25, -0.2) is 8.42 Å². The Hall–Kier alpha value is -2.12. The zero-order valence-electron chi connectivity index (χ0n) is 19.1. The molecular weight excluding hydrogens is 432 g/mol. The van der Waals surface area contributed by atoms with Gasteiger partial charge in [-0.1, -0.05) is 18.8 Å². The molecule has 1 aromatic rings. The van der Waals surface area contributed by atoms with Gasteiger partial charge < -0.3 is 19.5 Å². The molecule has 2 aliphatic rings. The highest BCUT2D eigenvalue weighted by Crippen LogP contribution is 2.34. The van der Waals surface area contributed by atoms with E-state index in [1.54, 1.807) is 26.1 Å². The second kappa shape index (κ2) is 10.2. The van der Waals surface area contributed by atoms with E-state index in [4.69, 9.17) is 9.47 Å². The maximum absolute atomic E-state index is 13.5. The van der Waals surface area contributed by atoms with Crippen LogP contribution in [-0.2, 0) is 19.6 Å². The SMILES string of the molecule is COCC(=O)N(C)C[C@@H]1Oc2cc(C#CC3CC3)ccc2S(=O)(=O)N([C@H](C)CO)C[C@H]1C. The normalized spacial score (nSPS) is 23.5. The minimum atomic E-state index is -3.90. The summed E-state index contributed by atoms with van der Waals surface area (Å²) in [6.45, 7) is 3.63. The summed E-state index contributed by atoms with van der Waals surface area (Å²) >= 11 is 0. The highest BCUT2D eigenvalue weighted by Gasteiger charge is 2.38. The van der Waals surface area contributed by atoms with Crippen LogP contribution in [0.1, 0.15) is 32.3 Å². The van der Waals surface area contributed by atoms with E-state index in [1.807, 2.05) is 6.92 Å². The lowest BCUT2D eigenvalue weighted by atomic mass is 10.0. The molecule has 1 heterocycles. The third-order valence-electron chi connectivity index (χ3n) is 5.81. The summed E-state index contributed by atoms with van der Waals surface area (Å²) in [6, 6.07) is 4.26. The number of hydrogen-bond donors (Lipinski definition) is 1. The molecule has 3 rings (SSSR count). The Balaban J connectivity index is 2.01. The van der Waals surface area contributed by atoms with Crippen LogP contribution >= 0.6 is 0 Å². The summed E-state index contributed by atoms with van der Waals surface area (Å²) in [5, 5.41) is 9.71. The monoisotopic (exact) mass is 464 g/mol. The molecule has 1 aromatic carbocycles. The average molecular weight is 465 g/mol. The largest absolute Gasteiger partial charge is 0.487 e. The third kappa shape index (κ3) is 5.62. The second-order valence-electron chi connectivity index (χ2n) is 8.65. The number of benzene rings is 1. The molecule has 1 fully saturated rings. The fraction of sp³-hybridized carbons (Fsp3) is 0.609. The zero-order valence-corrected chi connectivity index (χ0v) is 19.9. The van der Waals surface area contributed by atoms with E-state index < -0.39 is 22.2 Å². The van der Waals surface area contributed by atoms with Crippen molar-refractivity contribution in [3.8, 4) is 17.6 Å². The number of aliphatic hydroxyl groups excluding tert-OH is 1. The molecule has 0 bridgehead atoms. The highest BCUT2D eigenvalue weighted by molar-refractivity contribution is 7.89. The van der Waals surface area contributed by atoms with E-state index >= 15 is 0 Å². The molecule has 3 atom stereocenters. The lowest BCUT2D eigenvalue weighted by Crippen LogP contribution is -2.50. The van der Waals surface area contributed by atoms with Gasteiger partial charge in [-0.15, -0.1) is 0 Å². The number of fused-ring (bicyclic) bond motifs is 1. The number of rotatable bonds is 6. The van der Waals surface area contributed by atoms with Crippen LogP contribution in [0.25, 0.3) is 0 Å². The van der Waals surface area contributed by atoms with E-state index in [0.717, 1.165) is 12.8 Å². The predicted octanol–water partition coefficient (Wildman–Crippen LogP) is 1.32. The van der Waals surface area contributed by atoms with Gasteiger partial charge in [-0.3, -0.25) is 4.79 Å². The first-order chi connectivity index (χ1) is 15.2. The first kappa shape index (κ1) is 24.5. The molecule has 0 radical (unpaired) electrons. The second-order valence-corrected chi connectivity index (χ2v) is 10.5. The number of hydrogen-bond acceptors (Lipinski definition) is 6. The Morgan fingerprint density at radius 3 is 2.75 bits per heavy atom. The Morgan fingerprint density at radius 1 is 1.41 bits per heavy atom. The van der Waals surface area contributed by atoms with Crippen LogP contribution in [0.2, 0.25) is 0 Å². The molecule has 0 saturated heterocycles. The minimum Gasteiger partial charge on any atom is -0.487 e. The van der Waals surface area contributed by atoms with Gasteiger partial charge in [-0.2, -0.15) is 4.31 Å². The van der Waals surface area contributed by atoms with Crippen molar-refractivity contribution >= 4 is 15.9 Å². The number of nitrogens with zero attached hydrogens (tertiary/aromatic N) is 2. The van der Waals surface area contributed by atoms with Crippen LogP contribution in [0.15, 0.2) is 23.1 Å². The van der Waals surface area contributed by atoms with Crippen molar-refractivity contribution in [2.24, 2.45) is 11.8 Å². The van der Waals surface area contributed by atoms with E-state index in [-0.39, 0.29) is 48.8 Å². The molecule has 0 aromatic heterocycles. The van der Waals surface area contributed by atoms with Crippen molar-refractivity contribution in [2.75, 3.05) is 40.5 Å². The number of aliphatic hydroxyl groups is 1. The third-order valence-corrected chi connectivity index (χ3v) is 7.83. The number of carbonyl (C=O) groups excluding carboxylic acids is 1. The molecule has 1 aliphatic heterocycles. The van der Waals surface area contributed by atoms with Crippen LogP contribution in [0.4, 0.5) is 0 Å². The van der Waals surface area contributed by atoms with Gasteiger partial charge in [0.1, 0.15) is 23.4 Å². The lowest BCUT2D eigenvalue weighted by Gasteiger charge is -2.37. The van der Waals surface area contributed by atoms with Gasteiger partial charge in [0.2, 0.25) is 15.9 Å². The standard InChI is InChI=1S/C23H32N2O6S/c1-16-12-25(17(2)14-26)32(28,29)22-10-9-19(8-7-18-5-6-18)11-20(22)31-21(16)13-24(3)23(27)15-30-4/h9-11,16-18,21,26H,5-6,12-15H2,1-4H3/t16-,17-,21+/m1/s1. The smallest absolute Gasteiger partial charge is 0.248 e. The molecule has 9 heteroatoms. The van der Waals surface area contributed by atoms with Crippen molar-refractivity contribution in [1.29, 1.82) is 0 Å². The molecule has 1 N–H and O–H groups in total. The van der Waals surface area contributed by atoms with E-state index in [0.29, 0.717) is 11.5 Å². The fourth-order valence-electron chi connectivity index (χ4n) is 3.54. The Labute approximate surface area is 190 Å². The van der Waals surface area contributed by atoms with Crippen molar-refractivity contribution in [1.82, 2.24) is 9.21 Å². The maximum Gasteiger partial charge on any atom is 0.248 e. The number of carbonyl (C=O) groups is 1.